The number of amides is 2. The molecule has 0 spiro atoms. The molecule has 0 radical (unpaired) electrons. The van der Waals surface area contributed by atoms with Crippen LogP contribution in [0.15, 0.2) is 29.2 Å². The summed E-state index contributed by atoms with van der Waals surface area (Å²) in [6, 6.07) is 8.09. The van der Waals surface area contributed by atoms with Crippen molar-refractivity contribution in [3.8, 4) is 0 Å². The van der Waals surface area contributed by atoms with Crippen LogP contribution in [0.5, 0.6) is 0 Å². The molecule has 4 nitrogen and oxygen atoms in total. The van der Waals surface area contributed by atoms with Crippen molar-refractivity contribution in [2.24, 2.45) is 0 Å². The Hall–Kier alpha value is -1.49. The number of thioether (sulfide) groups is 1. The van der Waals surface area contributed by atoms with Crippen molar-refractivity contribution in [2.75, 3.05) is 13.1 Å². The second kappa shape index (κ2) is 5.91. The average molecular weight is 264 g/mol. The summed E-state index contributed by atoms with van der Waals surface area (Å²) in [5, 5.41) is 5.45. The van der Waals surface area contributed by atoms with E-state index in [0.717, 1.165) is 6.42 Å². The van der Waals surface area contributed by atoms with Crippen LogP contribution < -0.4 is 10.6 Å². The first kappa shape index (κ1) is 13.0. The van der Waals surface area contributed by atoms with Gasteiger partial charge in [0, 0.05) is 24.9 Å². The van der Waals surface area contributed by atoms with Crippen molar-refractivity contribution in [2.45, 2.75) is 23.5 Å². The second-order valence-corrected chi connectivity index (χ2v) is 5.44. The lowest BCUT2D eigenvalue weighted by molar-refractivity contribution is -0.121. The van der Waals surface area contributed by atoms with E-state index in [1.165, 1.54) is 17.4 Å². The molecule has 1 aromatic carbocycles. The number of nitrogens with one attached hydrogen (secondary N) is 2. The third-order valence-electron chi connectivity index (χ3n) is 2.74. The molecular formula is C13H16N2O2S. The van der Waals surface area contributed by atoms with E-state index in [1.54, 1.807) is 11.8 Å². The third kappa shape index (κ3) is 3.26. The molecule has 0 aliphatic carbocycles. The summed E-state index contributed by atoms with van der Waals surface area (Å²) in [5.41, 5.74) is 1.24. The number of carbonyl (C=O) groups excluding carboxylic acids is 2. The van der Waals surface area contributed by atoms with Gasteiger partial charge in [-0.05, 0) is 18.1 Å². The molecule has 2 rings (SSSR count). The maximum absolute atomic E-state index is 11.9. The third-order valence-corrected chi connectivity index (χ3v) is 4.06. The monoisotopic (exact) mass is 264 g/mol. The lowest BCUT2D eigenvalue weighted by Gasteiger charge is -2.09. The number of carbonyl (C=O) groups is 2. The van der Waals surface area contributed by atoms with Gasteiger partial charge in [-0.2, -0.15) is 0 Å². The molecule has 1 atom stereocenters. The molecule has 1 aliphatic rings. The minimum absolute atomic E-state index is 0.0419. The summed E-state index contributed by atoms with van der Waals surface area (Å²) in [5.74, 6) is -0.0338. The smallest absolute Gasteiger partial charge is 0.233 e. The van der Waals surface area contributed by atoms with Crippen LogP contribution in [0.3, 0.4) is 0 Å². The highest BCUT2D eigenvalue weighted by Gasteiger charge is 2.27. The van der Waals surface area contributed by atoms with Crippen LogP contribution in [0.1, 0.15) is 12.5 Å². The number of fused-ring (bicyclic) bond motifs is 1. The van der Waals surface area contributed by atoms with Crippen LogP contribution >= 0.6 is 11.8 Å². The zero-order valence-electron chi connectivity index (χ0n) is 10.2. The van der Waals surface area contributed by atoms with Crippen LogP contribution in [0.2, 0.25) is 0 Å². The van der Waals surface area contributed by atoms with Crippen LogP contribution in [0.25, 0.3) is 0 Å². The lowest BCUT2D eigenvalue weighted by Crippen LogP contribution is -2.38. The Balaban J connectivity index is 1.77. The molecule has 1 heterocycles. The van der Waals surface area contributed by atoms with Crippen LogP contribution in [-0.2, 0) is 16.0 Å². The number of rotatable bonds is 4. The summed E-state index contributed by atoms with van der Waals surface area (Å²) in [4.78, 5) is 23.8. The molecule has 1 unspecified atom stereocenters. The van der Waals surface area contributed by atoms with Crippen LogP contribution in [-0.4, -0.2) is 30.2 Å². The molecule has 5 heteroatoms. The van der Waals surface area contributed by atoms with Gasteiger partial charge in [-0.25, -0.2) is 0 Å². The molecule has 1 aromatic rings. The zero-order valence-corrected chi connectivity index (χ0v) is 11.0. The fourth-order valence-corrected chi connectivity index (χ4v) is 3.09. The molecule has 2 amide bonds. The molecule has 96 valence electrons. The van der Waals surface area contributed by atoms with Gasteiger partial charge < -0.3 is 10.6 Å². The van der Waals surface area contributed by atoms with Gasteiger partial charge >= 0.3 is 0 Å². The highest BCUT2D eigenvalue weighted by Crippen LogP contribution is 2.36. The standard InChI is InChI=1S/C13H16N2O2S/c1-9(16)14-6-7-15-13(17)12-8-10-4-2-3-5-11(10)18-12/h2-5,12H,6-8H2,1H3,(H,14,16)(H,15,17). The Morgan fingerprint density at radius 1 is 1.28 bits per heavy atom. The van der Waals surface area contributed by atoms with E-state index in [2.05, 4.69) is 16.7 Å². The first-order valence-electron chi connectivity index (χ1n) is 5.93. The molecule has 1 aliphatic heterocycles. The molecule has 18 heavy (non-hydrogen) atoms. The summed E-state index contributed by atoms with van der Waals surface area (Å²) in [7, 11) is 0. The molecule has 2 N–H and O–H groups in total. The van der Waals surface area contributed by atoms with Gasteiger partial charge in [-0.1, -0.05) is 18.2 Å². The first-order valence-corrected chi connectivity index (χ1v) is 6.81. The molecule has 0 bridgehead atoms. The second-order valence-electron chi connectivity index (χ2n) is 4.19. The highest BCUT2D eigenvalue weighted by atomic mass is 32.2. The van der Waals surface area contributed by atoms with Gasteiger partial charge in [-0.3, -0.25) is 9.59 Å². The fraction of sp³-hybridized carbons (Fsp3) is 0.385. The van der Waals surface area contributed by atoms with E-state index < -0.39 is 0 Å². The first-order chi connectivity index (χ1) is 8.66. The number of benzene rings is 1. The Labute approximate surface area is 111 Å². The summed E-state index contributed by atoms with van der Waals surface area (Å²) >= 11 is 1.61. The van der Waals surface area contributed by atoms with Crippen molar-refractivity contribution in [3.63, 3.8) is 0 Å². The normalized spacial score (nSPS) is 17.1. The minimum atomic E-state index is -0.0769. The molecule has 0 saturated carbocycles. The SMILES string of the molecule is CC(=O)NCCNC(=O)C1Cc2ccccc2S1. The van der Waals surface area contributed by atoms with Crippen molar-refractivity contribution in [1.29, 1.82) is 0 Å². The van der Waals surface area contributed by atoms with Crippen molar-refractivity contribution < 1.29 is 9.59 Å². The molecular weight excluding hydrogens is 248 g/mol. The van der Waals surface area contributed by atoms with E-state index in [1.807, 2.05) is 18.2 Å². The van der Waals surface area contributed by atoms with Gasteiger partial charge in [0.25, 0.3) is 0 Å². The van der Waals surface area contributed by atoms with E-state index in [0.29, 0.717) is 13.1 Å². The largest absolute Gasteiger partial charge is 0.355 e. The maximum Gasteiger partial charge on any atom is 0.233 e. The zero-order chi connectivity index (χ0) is 13.0. The van der Waals surface area contributed by atoms with Gasteiger partial charge in [0.2, 0.25) is 11.8 Å². The van der Waals surface area contributed by atoms with Crippen molar-refractivity contribution >= 4 is 23.6 Å². The van der Waals surface area contributed by atoms with Crippen molar-refractivity contribution in [3.05, 3.63) is 29.8 Å². The summed E-state index contributed by atoms with van der Waals surface area (Å²) in [6.45, 7) is 2.42. The fourth-order valence-electron chi connectivity index (χ4n) is 1.87. The summed E-state index contributed by atoms with van der Waals surface area (Å²) < 4.78 is 0. The van der Waals surface area contributed by atoms with Gasteiger partial charge in [0.1, 0.15) is 0 Å². The lowest BCUT2D eigenvalue weighted by atomic mass is 10.1. The van der Waals surface area contributed by atoms with E-state index >= 15 is 0 Å². The Kier molecular flexibility index (Phi) is 4.25. The molecule has 0 saturated heterocycles. The quantitative estimate of drug-likeness (QED) is 0.796. The van der Waals surface area contributed by atoms with Gasteiger partial charge in [0.15, 0.2) is 0 Å². The maximum atomic E-state index is 11.9. The number of hydrogen-bond acceptors (Lipinski definition) is 3. The molecule has 0 fully saturated rings. The highest BCUT2D eigenvalue weighted by molar-refractivity contribution is 8.01. The Morgan fingerprint density at radius 3 is 2.72 bits per heavy atom. The minimum Gasteiger partial charge on any atom is -0.355 e. The van der Waals surface area contributed by atoms with Crippen molar-refractivity contribution in [1.82, 2.24) is 10.6 Å². The van der Waals surface area contributed by atoms with Crippen LogP contribution in [0, 0.1) is 0 Å². The van der Waals surface area contributed by atoms with E-state index in [4.69, 9.17) is 0 Å². The van der Waals surface area contributed by atoms with E-state index in [-0.39, 0.29) is 17.1 Å². The van der Waals surface area contributed by atoms with Crippen LogP contribution in [0.4, 0.5) is 0 Å². The molecule has 0 aromatic heterocycles. The van der Waals surface area contributed by atoms with Gasteiger partial charge in [-0.15, -0.1) is 11.8 Å². The Bertz CT molecular complexity index is 437. The van der Waals surface area contributed by atoms with E-state index in [9.17, 15) is 9.59 Å². The predicted octanol–water partition coefficient (Wildman–Crippen LogP) is 0.956. The average Bonchev–Trinajstić information content (AvgIpc) is 2.78. The summed E-state index contributed by atoms with van der Waals surface area (Å²) in [6.07, 6.45) is 0.785. The number of hydrogen-bond donors (Lipinski definition) is 2. The Morgan fingerprint density at radius 2 is 2.00 bits per heavy atom. The van der Waals surface area contributed by atoms with Gasteiger partial charge in [0.05, 0.1) is 5.25 Å². The predicted molar refractivity (Wildman–Crippen MR) is 71.5 cm³/mol. The topological polar surface area (TPSA) is 58.2 Å².